The lowest BCUT2D eigenvalue weighted by atomic mass is 9.66. The Hall–Kier alpha value is -6.12. The maximum Gasteiger partial charge on any atom is 0.134 e. The molecule has 220 valence electrons. The minimum atomic E-state index is -0.475. The summed E-state index contributed by atoms with van der Waals surface area (Å²) in [5.74, 6) is 1.77. The van der Waals surface area contributed by atoms with Crippen molar-refractivity contribution < 1.29 is 4.74 Å². The van der Waals surface area contributed by atoms with Crippen molar-refractivity contribution in [3.05, 3.63) is 198 Å². The first kappa shape index (κ1) is 26.1. The predicted octanol–water partition coefficient (Wildman–Crippen LogP) is 11.9. The van der Waals surface area contributed by atoms with Crippen molar-refractivity contribution >= 4 is 38.6 Å². The van der Waals surface area contributed by atoms with Gasteiger partial charge in [-0.25, -0.2) is 0 Å². The molecule has 1 heterocycles. The zero-order chi connectivity index (χ0) is 31.0. The Labute approximate surface area is 273 Å². The molecule has 2 nitrogen and oxygen atoms in total. The summed E-state index contributed by atoms with van der Waals surface area (Å²) in [6, 6.07) is 63.5. The Morgan fingerprint density at radius 1 is 0.362 bits per heavy atom. The molecule has 10 rings (SSSR count). The van der Waals surface area contributed by atoms with E-state index in [0.717, 1.165) is 34.1 Å². The normalized spacial score (nSPS) is 13.4. The van der Waals surface area contributed by atoms with Gasteiger partial charge in [0.25, 0.3) is 0 Å². The van der Waals surface area contributed by atoms with Gasteiger partial charge in [-0.3, -0.25) is 0 Å². The van der Waals surface area contributed by atoms with Crippen molar-refractivity contribution in [1.29, 1.82) is 0 Å². The number of para-hydroxylation sites is 2. The number of hydrogen-bond acceptors (Lipinski definition) is 2. The molecule has 1 aliphatic carbocycles. The monoisotopic (exact) mass is 599 g/mol. The number of rotatable bonds is 3. The van der Waals surface area contributed by atoms with E-state index in [2.05, 4.69) is 181 Å². The first-order valence-electron chi connectivity index (χ1n) is 16.2. The lowest BCUT2D eigenvalue weighted by molar-refractivity contribution is 0.436. The molecule has 0 amide bonds. The molecule has 0 bridgehead atoms. The molecule has 0 saturated heterocycles. The van der Waals surface area contributed by atoms with Gasteiger partial charge >= 0.3 is 0 Å². The van der Waals surface area contributed by atoms with Crippen molar-refractivity contribution in [1.82, 2.24) is 0 Å². The van der Waals surface area contributed by atoms with Gasteiger partial charge in [0.05, 0.1) is 5.41 Å². The fourth-order valence-corrected chi connectivity index (χ4v) is 8.15. The smallest absolute Gasteiger partial charge is 0.134 e. The van der Waals surface area contributed by atoms with Crippen LogP contribution in [-0.4, -0.2) is 0 Å². The Balaban J connectivity index is 1.21. The van der Waals surface area contributed by atoms with Gasteiger partial charge < -0.3 is 9.64 Å². The largest absolute Gasteiger partial charge is 0.457 e. The number of benzene rings is 8. The van der Waals surface area contributed by atoms with Gasteiger partial charge in [0.1, 0.15) is 11.5 Å². The molecule has 2 aliphatic rings. The van der Waals surface area contributed by atoms with Crippen molar-refractivity contribution in [2.45, 2.75) is 5.41 Å². The predicted molar refractivity (Wildman–Crippen MR) is 194 cm³/mol. The van der Waals surface area contributed by atoms with E-state index in [9.17, 15) is 0 Å². The molecule has 0 atom stereocenters. The van der Waals surface area contributed by atoms with E-state index < -0.39 is 5.41 Å². The van der Waals surface area contributed by atoms with Gasteiger partial charge in [0, 0.05) is 34.3 Å². The molecule has 0 saturated carbocycles. The summed E-state index contributed by atoms with van der Waals surface area (Å²) >= 11 is 0. The van der Waals surface area contributed by atoms with Crippen LogP contribution in [0, 0.1) is 0 Å². The molecule has 0 radical (unpaired) electrons. The van der Waals surface area contributed by atoms with Crippen LogP contribution in [0.25, 0.3) is 32.7 Å². The molecule has 1 aliphatic heterocycles. The summed E-state index contributed by atoms with van der Waals surface area (Å²) in [4.78, 5) is 2.34. The number of hydrogen-bond donors (Lipinski definition) is 0. The van der Waals surface area contributed by atoms with E-state index in [1.54, 1.807) is 0 Å². The third kappa shape index (κ3) is 3.67. The number of fused-ring (bicyclic) bond motifs is 12. The first-order chi connectivity index (χ1) is 23.3. The van der Waals surface area contributed by atoms with E-state index >= 15 is 0 Å². The van der Waals surface area contributed by atoms with Crippen LogP contribution >= 0.6 is 0 Å². The second-order valence-electron chi connectivity index (χ2n) is 12.5. The van der Waals surface area contributed by atoms with Gasteiger partial charge in [-0.2, -0.15) is 0 Å². The Morgan fingerprint density at radius 2 is 0.936 bits per heavy atom. The highest BCUT2D eigenvalue weighted by molar-refractivity contribution is 6.08. The van der Waals surface area contributed by atoms with Crippen LogP contribution in [0.1, 0.15) is 22.3 Å². The number of anilines is 3. The Bertz CT molecular complexity index is 2470. The Morgan fingerprint density at radius 3 is 1.74 bits per heavy atom. The van der Waals surface area contributed by atoms with Gasteiger partial charge in [-0.05, 0) is 80.2 Å². The second kappa shape index (κ2) is 9.94. The van der Waals surface area contributed by atoms with Crippen LogP contribution in [-0.2, 0) is 5.41 Å². The number of nitrogens with zero attached hydrogens (tertiary/aromatic N) is 1. The molecule has 0 unspecified atom stereocenters. The average Bonchev–Trinajstić information content (AvgIpc) is 3.43. The third-order valence-electron chi connectivity index (χ3n) is 10.1. The molecule has 47 heavy (non-hydrogen) atoms. The van der Waals surface area contributed by atoms with Gasteiger partial charge in [-0.15, -0.1) is 0 Å². The summed E-state index contributed by atoms with van der Waals surface area (Å²) in [5, 5.41) is 4.99. The van der Waals surface area contributed by atoms with Gasteiger partial charge in [0.2, 0.25) is 0 Å². The van der Waals surface area contributed by atoms with E-state index in [-0.39, 0.29) is 0 Å². The van der Waals surface area contributed by atoms with Crippen LogP contribution < -0.4 is 9.64 Å². The van der Waals surface area contributed by atoms with E-state index in [1.165, 1.54) is 49.4 Å². The second-order valence-corrected chi connectivity index (χ2v) is 12.5. The molecular weight excluding hydrogens is 571 g/mol. The lowest BCUT2D eigenvalue weighted by Gasteiger charge is -2.40. The summed E-state index contributed by atoms with van der Waals surface area (Å²) in [5.41, 5.74) is 10.3. The lowest BCUT2D eigenvalue weighted by Crippen LogP contribution is -2.32. The van der Waals surface area contributed by atoms with E-state index in [1.807, 2.05) is 0 Å². The molecule has 1 spiro atoms. The summed E-state index contributed by atoms with van der Waals surface area (Å²) in [6.45, 7) is 0. The third-order valence-corrected chi connectivity index (χ3v) is 10.1. The number of ether oxygens (including phenoxy) is 1. The topological polar surface area (TPSA) is 12.5 Å². The van der Waals surface area contributed by atoms with Crippen LogP contribution in [0.15, 0.2) is 176 Å². The first-order valence-corrected chi connectivity index (χ1v) is 16.2. The summed E-state index contributed by atoms with van der Waals surface area (Å²) in [6.07, 6.45) is 0. The van der Waals surface area contributed by atoms with Crippen LogP contribution in [0.5, 0.6) is 11.5 Å². The SMILES string of the molecule is c1ccc(N(c2ccc3c(c2)Oc2ccccc2C32c3ccccc3-c3ccccc32)c2ccc3c(ccc4ccccc43)c2)cc1. The van der Waals surface area contributed by atoms with Crippen molar-refractivity contribution in [3.8, 4) is 22.6 Å². The Kier molecular flexibility index (Phi) is 5.53. The zero-order valence-corrected chi connectivity index (χ0v) is 25.6. The van der Waals surface area contributed by atoms with Crippen molar-refractivity contribution in [2.75, 3.05) is 4.90 Å². The van der Waals surface area contributed by atoms with Gasteiger partial charge in [-0.1, -0.05) is 133 Å². The molecule has 0 fully saturated rings. The van der Waals surface area contributed by atoms with Crippen molar-refractivity contribution in [3.63, 3.8) is 0 Å². The maximum atomic E-state index is 6.85. The van der Waals surface area contributed by atoms with Crippen molar-refractivity contribution in [2.24, 2.45) is 0 Å². The molecular formula is C45H29NO. The zero-order valence-electron chi connectivity index (χ0n) is 25.6. The minimum absolute atomic E-state index is 0.475. The molecule has 2 heteroatoms. The summed E-state index contributed by atoms with van der Waals surface area (Å²) in [7, 11) is 0. The van der Waals surface area contributed by atoms with Crippen LogP contribution in [0.4, 0.5) is 17.1 Å². The standard InChI is InChI=1S/C45H29NO/c1-2-13-32(14-3-1)46(33-24-26-36-31(28-33)23-22-30-12-4-5-15-35(30)36)34-25-27-42-44(29-34)47-43-21-11-10-20-41(43)45(42)39-18-8-6-16-37(39)38-17-7-9-19-40(38)45/h1-29H. The molecule has 8 aromatic carbocycles. The average molecular weight is 600 g/mol. The molecule has 0 aromatic heterocycles. The molecule has 8 aromatic rings. The van der Waals surface area contributed by atoms with Crippen LogP contribution in [0.3, 0.4) is 0 Å². The highest BCUT2D eigenvalue weighted by Gasteiger charge is 2.50. The molecule has 0 N–H and O–H groups in total. The quantitative estimate of drug-likeness (QED) is 0.187. The summed E-state index contributed by atoms with van der Waals surface area (Å²) < 4.78 is 6.85. The fourth-order valence-electron chi connectivity index (χ4n) is 8.15. The highest BCUT2D eigenvalue weighted by Crippen LogP contribution is 2.62. The van der Waals surface area contributed by atoms with Crippen LogP contribution in [0.2, 0.25) is 0 Å². The maximum absolute atomic E-state index is 6.85. The highest BCUT2D eigenvalue weighted by atomic mass is 16.5. The fraction of sp³-hybridized carbons (Fsp3) is 0.0222. The minimum Gasteiger partial charge on any atom is -0.457 e. The van der Waals surface area contributed by atoms with E-state index in [4.69, 9.17) is 4.74 Å². The van der Waals surface area contributed by atoms with Gasteiger partial charge in [0.15, 0.2) is 0 Å². The van der Waals surface area contributed by atoms with E-state index in [0.29, 0.717) is 0 Å².